The third kappa shape index (κ3) is 4.45. The minimum atomic E-state index is -0.987. The number of esters is 1. The van der Waals surface area contributed by atoms with E-state index in [9.17, 15) is 19.3 Å². The summed E-state index contributed by atoms with van der Waals surface area (Å²) in [5.41, 5.74) is -1.59. The molecule has 3 atom stereocenters. The van der Waals surface area contributed by atoms with Crippen LogP contribution in [0.1, 0.15) is 45.6 Å². The van der Waals surface area contributed by atoms with Crippen molar-refractivity contribution in [3.8, 4) is 0 Å². The van der Waals surface area contributed by atoms with Crippen LogP contribution in [-0.4, -0.2) is 40.5 Å². The topological polar surface area (TPSA) is 91.0 Å². The first-order valence-corrected chi connectivity index (χ1v) is 10.4. The van der Waals surface area contributed by atoms with Gasteiger partial charge in [-0.3, -0.25) is 19.9 Å². The number of benzene rings is 1. The highest BCUT2D eigenvalue weighted by molar-refractivity contribution is 8.14. The van der Waals surface area contributed by atoms with Gasteiger partial charge in [0, 0.05) is 36.5 Å². The van der Waals surface area contributed by atoms with Crippen molar-refractivity contribution in [2.45, 2.75) is 57.3 Å². The maximum atomic E-state index is 14.9. The lowest BCUT2D eigenvalue weighted by Gasteiger charge is -2.38. The monoisotopic (exact) mass is 424 g/mol. The van der Waals surface area contributed by atoms with Crippen molar-refractivity contribution in [1.82, 2.24) is 0 Å². The van der Waals surface area contributed by atoms with Crippen LogP contribution in [0.3, 0.4) is 0 Å². The van der Waals surface area contributed by atoms with Crippen LogP contribution in [0.2, 0.25) is 0 Å². The summed E-state index contributed by atoms with van der Waals surface area (Å²) in [4.78, 5) is 27.8. The molecule has 7 nitrogen and oxygen atoms in total. The standard InChI is InChI=1S/C20H25FN2O5S/c1-19(2,3)28-18(24)10-17-22-20(8-7-16(27-4)14(20)11-29-17)13-9-12(23(25)26)5-6-15(13)21/h5-6,9,14,16H,7-8,10-11H2,1-4H3/t14-,16?,20-/m1/s1. The first kappa shape index (κ1) is 21.7. The van der Waals surface area contributed by atoms with Crippen LogP contribution in [0.15, 0.2) is 23.2 Å². The van der Waals surface area contributed by atoms with Gasteiger partial charge in [0.2, 0.25) is 0 Å². The quantitative estimate of drug-likeness (QED) is 0.399. The van der Waals surface area contributed by atoms with Crippen molar-refractivity contribution in [1.29, 1.82) is 0 Å². The summed E-state index contributed by atoms with van der Waals surface area (Å²) in [5.74, 6) is -0.499. The lowest BCUT2D eigenvalue weighted by Crippen LogP contribution is -2.40. The molecule has 0 saturated heterocycles. The SMILES string of the molecule is COC1CC[C@]2(c3cc([N+](=O)[O-])ccc3F)N=C(CC(=O)OC(C)(C)C)SC[C@H]12. The van der Waals surface area contributed by atoms with Crippen LogP contribution in [0, 0.1) is 21.8 Å². The van der Waals surface area contributed by atoms with E-state index in [1.165, 1.54) is 17.8 Å². The third-order valence-electron chi connectivity index (χ3n) is 5.27. The number of fused-ring (bicyclic) bond motifs is 1. The lowest BCUT2D eigenvalue weighted by molar-refractivity contribution is -0.385. The number of carbonyl (C=O) groups is 1. The Kier molecular flexibility index (Phi) is 6.01. The smallest absolute Gasteiger partial charge is 0.312 e. The summed E-state index contributed by atoms with van der Waals surface area (Å²) in [5, 5.41) is 11.8. The molecule has 1 aliphatic heterocycles. The van der Waals surface area contributed by atoms with Gasteiger partial charge in [0.15, 0.2) is 0 Å². The number of nitro benzene ring substituents is 1. The second-order valence-corrected chi connectivity index (χ2v) is 9.44. The molecule has 0 radical (unpaired) electrons. The highest BCUT2D eigenvalue weighted by Crippen LogP contribution is 2.53. The number of thioether (sulfide) groups is 1. The molecule has 1 aromatic carbocycles. The van der Waals surface area contributed by atoms with Crippen LogP contribution >= 0.6 is 11.8 Å². The second kappa shape index (κ2) is 8.02. The number of nitro groups is 1. The van der Waals surface area contributed by atoms with E-state index in [0.29, 0.717) is 23.6 Å². The molecule has 158 valence electrons. The van der Waals surface area contributed by atoms with Crippen LogP contribution in [-0.2, 0) is 19.8 Å². The van der Waals surface area contributed by atoms with Gasteiger partial charge < -0.3 is 9.47 Å². The molecule has 1 aromatic rings. The Labute approximate surface area is 173 Å². The van der Waals surface area contributed by atoms with E-state index >= 15 is 0 Å². The van der Waals surface area contributed by atoms with Crippen LogP contribution < -0.4 is 0 Å². The van der Waals surface area contributed by atoms with Crippen molar-refractivity contribution in [3.05, 3.63) is 39.7 Å². The molecule has 0 amide bonds. The molecule has 0 bridgehead atoms. The molecule has 1 aliphatic carbocycles. The Morgan fingerprint density at radius 2 is 2.17 bits per heavy atom. The normalized spacial score (nSPS) is 26.6. The molecular weight excluding hydrogens is 399 g/mol. The minimum Gasteiger partial charge on any atom is -0.460 e. The Morgan fingerprint density at radius 3 is 2.79 bits per heavy atom. The number of hydrogen-bond donors (Lipinski definition) is 0. The summed E-state index contributed by atoms with van der Waals surface area (Å²) < 4.78 is 25.8. The molecule has 1 saturated carbocycles. The van der Waals surface area contributed by atoms with Gasteiger partial charge in [0.25, 0.3) is 5.69 Å². The first-order valence-electron chi connectivity index (χ1n) is 9.46. The van der Waals surface area contributed by atoms with E-state index in [4.69, 9.17) is 14.5 Å². The fourth-order valence-electron chi connectivity index (χ4n) is 4.11. The van der Waals surface area contributed by atoms with Crippen LogP contribution in [0.4, 0.5) is 10.1 Å². The summed E-state index contributed by atoms with van der Waals surface area (Å²) in [6, 6.07) is 3.53. The van der Waals surface area contributed by atoms with E-state index in [1.807, 2.05) is 0 Å². The molecule has 1 unspecified atom stereocenters. The second-order valence-electron chi connectivity index (χ2n) is 8.34. The zero-order valence-corrected chi connectivity index (χ0v) is 17.8. The van der Waals surface area contributed by atoms with Gasteiger partial charge in [-0.1, -0.05) is 0 Å². The number of aliphatic imine (C=N–C) groups is 1. The van der Waals surface area contributed by atoms with Gasteiger partial charge in [0.1, 0.15) is 11.4 Å². The third-order valence-corrected chi connectivity index (χ3v) is 6.37. The molecule has 0 spiro atoms. The molecule has 2 aliphatic rings. The van der Waals surface area contributed by atoms with E-state index in [0.717, 1.165) is 12.1 Å². The molecule has 0 aromatic heterocycles. The maximum absolute atomic E-state index is 14.9. The van der Waals surface area contributed by atoms with E-state index in [-0.39, 0.29) is 29.7 Å². The van der Waals surface area contributed by atoms with Gasteiger partial charge in [-0.15, -0.1) is 11.8 Å². The van der Waals surface area contributed by atoms with E-state index < -0.39 is 27.8 Å². The summed E-state index contributed by atoms with van der Waals surface area (Å²) in [6.45, 7) is 5.37. The van der Waals surface area contributed by atoms with E-state index in [1.54, 1.807) is 27.9 Å². The predicted octanol–water partition coefficient (Wildman–Crippen LogP) is 4.23. The first-order chi connectivity index (χ1) is 13.6. The van der Waals surface area contributed by atoms with Crippen molar-refractivity contribution < 1.29 is 23.6 Å². The number of ether oxygens (including phenoxy) is 2. The van der Waals surface area contributed by atoms with Crippen molar-refractivity contribution in [2.24, 2.45) is 10.9 Å². The minimum absolute atomic E-state index is 0.00932. The Balaban J connectivity index is 2.02. The number of non-ortho nitro benzene ring substituents is 1. The molecule has 1 heterocycles. The molecule has 3 rings (SSSR count). The highest BCUT2D eigenvalue weighted by Gasteiger charge is 2.53. The van der Waals surface area contributed by atoms with Gasteiger partial charge in [-0.05, 0) is 39.7 Å². The molecule has 29 heavy (non-hydrogen) atoms. The molecule has 1 fully saturated rings. The zero-order chi connectivity index (χ0) is 21.4. The molecular formula is C20H25FN2O5S. The van der Waals surface area contributed by atoms with Crippen molar-refractivity contribution in [3.63, 3.8) is 0 Å². The summed E-state index contributed by atoms with van der Waals surface area (Å²) >= 11 is 1.44. The number of nitrogens with zero attached hydrogens (tertiary/aromatic N) is 2. The predicted molar refractivity (Wildman–Crippen MR) is 109 cm³/mol. The van der Waals surface area contributed by atoms with Crippen LogP contribution in [0.5, 0.6) is 0 Å². The fraction of sp³-hybridized carbons (Fsp3) is 0.600. The van der Waals surface area contributed by atoms with Crippen molar-refractivity contribution >= 4 is 28.5 Å². The number of rotatable bonds is 5. The zero-order valence-electron chi connectivity index (χ0n) is 16.9. The molecule has 9 heteroatoms. The van der Waals surface area contributed by atoms with Gasteiger partial charge in [0.05, 0.1) is 28.0 Å². The number of hydrogen-bond acceptors (Lipinski definition) is 7. The van der Waals surface area contributed by atoms with Gasteiger partial charge in [-0.25, -0.2) is 4.39 Å². The highest BCUT2D eigenvalue weighted by atomic mass is 32.2. The summed E-state index contributed by atoms with van der Waals surface area (Å²) in [7, 11) is 1.61. The van der Waals surface area contributed by atoms with Crippen LogP contribution in [0.25, 0.3) is 0 Å². The average Bonchev–Trinajstić information content (AvgIpc) is 2.98. The lowest BCUT2D eigenvalue weighted by atomic mass is 9.80. The number of carbonyl (C=O) groups excluding carboxylic acids is 1. The maximum Gasteiger partial charge on any atom is 0.312 e. The Hall–Kier alpha value is -2.00. The number of halogens is 1. The largest absolute Gasteiger partial charge is 0.460 e. The van der Waals surface area contributed by atoms with Gasteiger partial charge in [-0.2, -0.15) is 0 Å². The fourth-order valence-corrected chi connectivity index (χ4v) is 5.42. The Morgan fingerprint density at radius 1 is 1.45 bits per heavy atom. The van der Waals surface area contributed by atoms with Gasteiger partial charge >= 0.3 is 5.97 Å². The average molecular weight is 424 g/mol. The van der Waals surface area contributed by atoms with Crippen molar-refractivity contribution in [2.75, 3.05) is 12.9 Å². The molecule has 0 N–H and O–H groups in total. The van der Waals surface area contributed by atoms with E-state index in [2.05, 4.69) is 0 Å². The Bertz CT molecular complexity index is 854. The number of methoxy groups -OCH3 is 1. The summed E-state index contributed by atoms with van der Waals surface area (Å²) in [6.07, 6.45) is 1.01.